The zero-order chi connectivity index (χ0) is 0. The molecule has 0 amide bonds. The van der Waals surface area contributed by atoms with E-state index in [2.05, 4.69) is 0 Å². The Hall–Kier alpha value is 1.79. The Labute approximate surface area is 75.3 Å². The van der Waals surface area contributed by atoms with Crippen molar-refractivity contribution in [1.29, 1.82) is 0 Å². The molecule has 0 heterocycles. The summed E-state index contributed by atoms with van der Waals surface area (Å²) in [6, 6.07) is 0. The van der Waals surface area contributed by atoms with Crippen LogP contribution in [-0.2, 0) is 53.8 Å². The molecule has 0 spiro atoms. The van der Waals surface area contributed by atoms with Crippen LogP contribution in [0.5, 0.6) is 0 Å². The van der Waals surface area contributed by atoms with Crippen LogP contribution in [0.15, 0.2) is 0 Å². The standard InChI is InChI=1S/3CH3.Pt.Y/h3*1H3;;/q3*-1;;. The molecule has 0 atom stereocenters. The maximum absolute atomic E-state index is 0. The van der Waals surface area contributed by atoms with Gasteiger partial charge in [-0.05, 0) is 0 Å². The van der Waals surface area contributed by atoms with E-state index in [1.54, 1.807) is 0 Å². The second kappa shape index (κ2) is 41.4. The minimum atomic E-state index is 0. The van der Waals surface area contributed by atoms with Crippen molar-refractivity contribution >= 4 is 0 Å². The Kier molecular flexibility index (Phi) is 588. The fraction of sp³-hybridized carbons (Fsp3) is 0. The van der Waals surface area contributed by atoms with Crippen LogP contribution in [0.1, 0.15) is 0 Å². The molecule has 0 aromatic rings. The van der Waals surface area contributed by atoms with Gasteiger partial charge in [-0.2, -0.15) is 0 Å². The fourth-order valence-electron chi connectivity index (χ4n) is 0. The molecule has 0 aromatic carbocycles. The third-order valence-electron chi connectivity index (χ3n) is 0. The van der Waals surface area contributed by atoms with Crippen LogP contribution in [0.2, 0.25) is 0 Å². The van der Waals surface area contributed by atoms with E-state index in [1.807, 2.05) is 0 Å². The van der Waals surface area contributed by atoms with Crippen molar-refractivity contribution in [3.63, 3.8) is 0 Å². The van der Waals surface area contributed by atoms with Crippen molar-refractivity contribution in [1.82, 2.24) is 0 Å². The van der Waals surface area contributed by atoms with E-state index in [1.165, 1.54) is 0 Å². The first-order chi connectivity index (χ1) is 0. The predicted molar refractivity (Wildman–Crippen MR) is 19.2 cm³/mol. The van der Waals surface area contributed by atoms with Crippen LogP contribution < -0.4 is 0 Å². The van der Waals surface area contributed by atoms with Gasteiger partial charge >= 0.3 is 0 Å². The molecule has 2 heteroatoms. The molecule has 0 aliphatic carbocycles. The molecule has 37 valence electrons. The Morgan fingerprint density at radius 3 is 0.600 bits per heavy atom. The first-order valence-electron chi connectivity index (χ1n) is 0. The van der Waals surface area contributed by atoms with Crippen LogP contribution >= 0.6 is 0 Å². The Morgan fingerprint density at radius 2 is 0.600 bits per heavy atom. The molecule has 0 bridgehead atoms. The van der Waals surface area contributed by atoms with Crippen molar-refractivity contribution in [2.24, 2.45) is 0 Å². The predicted octanol–water partition coefficient (Wildman–Crippen LogP) is 1.35. The molecule has 0 rings (SSSR count). The molecule has 0 aromatic heterocycles. The molecule has 1 radical (unpaired) electrons. The van der Waals surface area contributed by atoms with Crippen molar-refractivity contribution in [2.75, 3.05) is 0 Å². The van der Waals surface area contributed by atoms with Gasteiger partial charge in [0.25, 0.3) is 0 Å². The topological polar surface area (TPSA) is 0 Å². The summed E-state index contributed by atoms with van der Waals surface area (Å²) < 4.78 is 0. The summed E-state index contributed by atoms with van der Waals surface area (Å²) in [5, 5.41) is 0. The van der Waals surface area contributed by atoms with Gasteiger partial charge in [-0.1, -0.05) is 0 Å². The number of hydrogen-bond acceptors (Lipinski definition) is 0. The molecule has 0 nitrogen and oxygen atoms in total. The molecule has 5 heavy (non-hydrogen) atoms. The van der Waals surface area contributed by atoms with E-state index in [4.69, 9.17) is 0 Å². The first-order valence-corrected chi connectivity index (χ1v) is 0. The van der Waals surface area contributed by atoms with E-state index >= 15 is 0 Å². The van der Waals surface area contributed by atoms with Gasteiger partial charge in [0.15, 0.2) is 0 Å². The summed E-state index contributed by atoms with van der Waals surface area (Å²) in [7, 11) is 0. The molecule has 0 aliphatic rings. The smallest absolute Gasteiger partial charge is 0 e. The summed E-state index contributed by atoms with van der Waals surface area (Å²) in [4.78, 5) is 0. The molecule has 0 N–H and O–H groups in total. The van der Waals surface area contributed by atoms with Crippen LogP contribution in [0.4, 0.5) is 0 Å². The molecular formula is C3H9PtY-3. The largest absolute Gasteiger partial charge is 0.358 e. The maximum Gasteiger partial charge on any atom is 0 e. The third-order valence-corrected chi connectivity index (χ3v) is 0. The van der Waals surface area contributed by atoms with E-state index < -0.39 is 0 Å². The SMILES string of the molecule is [CH3-].[CH3-].[CH3-].[Pt].[Y]. The van der Waals surface area contributed by atoms with Crippen LogP contribution in [-0.4, -0.2) is 0 Å². The Morgan fingerprint density at radius 1 is 0.600 bits per heavy atom. The molecule has 0 saturated carbocycles. The second-order valence-corrected chi connectivity index (χ2v) is 0. The van der Waals surface area contributed by atoms with Gasteiger partial charge in [0.1, 0.15) is 0 Å². The van der Waals surface area contributed by atoms with Gasteiger partial charge in [0.2, 0.25) is 0 Å². The van der Waals surface area contributed by atoms with Crippen LogP contribution in [0, 0.1) is 22.3 Å². The number of hydrogen-bond donors (Lipinski definition) is 0. The van der Waals surface area contributed by atoms with E-state index in [-0.39, 0.29) is 76.1 Å². The van der Waals surface area contributed by atoms with Gasteiger partial charge < -0.3 is 22.3 Å². The minimum absolute atomic E-state index is 0. The van der Waals surface area contributed by atoms with Crippen LogP contribution in [0.3, 0.4) is 0 Å². The van der Waals surface area contributed by atoms with Gasteiger partial charge in [0.05, 0.1) is 0 Å². The van der Waals surface area contributed by atoms with Gasteiger partial charge in [-0.15, -0.1) is 0 Å². The Bertz CT molecular complexity index is 6.85. The average molecular weight is 329 g/mol. The normalized spacial score (nSPS) is 0. The van der Waals surface area contributed by atoms with E-state index in [9.17, 15) is 0 Å². The maximum atomic E-state index is 0. The molecule has 0 saturated heterocycles. The second-order valence-electron chi connectivity index (χ2n) is 0. The van der Waals surface area contributed by atoms with Crippen molar-refractivity contribution < 1.29 is 53.8 Å². The molecular weight excluding hydrogens is 320 g/mol. The van der Waals surface area contributed by atoms with Crippen molar-refractivity contribution in [2.45, 2.75) is 0 Å². The van der Waals surface area contributed by atoms with Crippen molar-refractivity contribution in [3.8, 4) is 0 Å². The summed E-state index contributed by atoms with van der Waals surface area (Å²) in [6.07, 6.45) is 0. The summed E-state index contributed by atoms with van der Waals surface area (Å²) >= 11 is 0. The van der Waals surface area contributed by atoms with Crippen molar-refractivity contribution in [3.05, 3.63) is 22.3 Å². The first kappa shape index (κ1) is 70.9. The Balaban J connectivity index is 0. The summed E-state index contributed by atoms with van der Waals surface area (Å²) in [5.41, 5.74) is 0. The van der Waals surface area contributed by atoms with Gasteiger partial charge in [-0.3, -0.25) is 0 Å². The third kappa shape index (κ3) is 25.9. The monoisotopic (exact) mass is 329 g/mol. The zero-order valence-electron chi connectivity index (χ0n) is 3.89. The van der Waals surface area contributed by atoms with Gasteiger partial charge in [-0.25, -0.2) is 0 Å². The fourth-order valence-corrected chi connectivity index (χ4v) is 0. The molecule has 0 unspecified atom stereocenters. The summed E-state index contributed by atoms with van der Waals surface area (Å²) in [5.74, 6) is 0. The molecule has 0 aliphatic heterocycles. The van der Waals surface area contributed by atoms with E-state index in [0.29, 0.717) is 0 Å². The molecule has 0 fully saturated rings. The average Bonchev–Trinajstić information content (AvgIpc) is 0. The zero-order valence-corrected chi connectivity index (χ0v) is 9.00. The van der Waals surface area contributed by atoms with E-state index in [0.717, 1.165) is 0 Å². The minimum Gasteiger partial charge on any atom is -0.358 e. The summed E-state index contributed by atoms with van der Waals surface area (Å²) in [6.45, 7) is 0. The quantitative estimate of drug-likeness (QED) is 0.589. The number of rotatable bonds is 0. The van der Waals surface area contributed by atoms with Crippen LogP contribution in [0.25, 0.3) is 0 Å². The van der Waals surface area contributed by atoms with Gasteiger partial charge in [0, 0.05) is 53.8 Å².